The Morgan fingerprint density at radius 2 is 2.27 bits per heavy atom. The molecule has 2 rings (SSSR count). The van der Waals surface area contributed by atoms with E-state index in [1.165, 1.54) is 11.5 Å². The van der Waals surface area contributed by atoms with E-state index in [-0.39, 0.29) is 12.5 Å². The van der Waals surface area contributed by atoms with Crippen LogP contribution in [-0.4, -0.2) is 22.6 Å². The zero-order valence-corrected chi connectivity index (χ0v) is 9.42. The molecule has 4 heteroatoms. The molecule has 0 bridgehead atoms. The Morgan fingerprint density at radius 1 is 1.47 bits per heavy atom. The lowest BCUT2D eigenvalue weighted by Crippen LogP contribution is -2.13. The highest BCUT2D eigenvalue weighted by Gasteiger charge is 2.05. The minimum absolute atomic E-state index is 0.212. The summed E-state index contributed by atoms with van der Waals surface area (Å²) in [5.74, 6) is 0.269. The molecule has 0 aliphatic heterocycles. The van der Waals surface area contributed by atoms with E-state index in [4.69, 9.17) is 5.11 Å². The third kappa shape index (κ3) is 2.27. The molecule has 15 heavy (non-hydrogen) atoms. The summed E-state index contributed by atoms with van der Waals surface area (Å²) >= 11 is 1.47. The zero-order chi connectivity index (χ0) is 10.7. The molecule has 0 saturated heterocycles. The molecule has 0 aliphatic carbocycles. The first-order chi connectivity index (χ1) is 7.31. The van der Waals surface area contributed by atoms with Gasteiger partial charge in [0.1, 0.15) is 5.00 Å². The van der Waals surface area contributed by atoms with Crippen LogP contribution in [0.3, 0.4) is 0 Å². The van der Waals surface area contributed by atoms with Gasteiger partial charge in [0.15, 0.2) is 0 Å². The topological polar surface area (TPSA) is 45.1 Å². The summed E-state index contributed by atoms with van der Waals surface area (Å²) in [5, 5.41) is 14.5. The van der Waals surface area contributed by atoms with Crippen molar-refractivity contribution in [3.05, 3.63) is 24.3 Å². The van der Waals surface area contributed by atoms with Crippen LogP contribution in [0.4, 0.5) is 5.00 Å². The monoisotopic (exact) mass is 222 g/mol. The number of hydrogen-bond acceptors (Lipinski definition) is 4. The number of aromatic nitrogens is 1. The average Bonchev–Trinajstić information content (AvgIpc) is 2.69. The van der Waals surface area contributed by atoms with Gasteiger partial charge in [-0.3, -0.25) is 0 Å². The van der Waals surface area contributed by atoms with Crippen molar-refractivity contribution >= 4 is 27.4 Å². The highest BCUT2D eigenvalue weighted by molar-refractivity contribution is 7.11. The number of aliphatic hydroxyl groups excluding tert-OH is 1. The van der Waals surface area contributed by atoms with Crippen LogP contribution >= 0.6 is 11.5 Å². The number of fused-ring (bicyclic) bond motifs is 1. The molecule has 0 aliphatic rings. The van der Waals surface area contributed by atoms with Crippen molar-refractivity contribution < 1.29 is 5.11 Å². The lowest BCUT2D eigenvalue weighted by atomic mass is 10.2. The summed E-state index contributed by atoms with van der Waals surface area (Å²) in [4.78, 5) is 0. The Morgan fingerprint density at radius 3 is 3.07 bits per heavy atom. The Labute approximate surface area is 92.9 Å². The molecule has 0 amide bonds. The number of hydrogen-bond donors (Lipinski definition) is 2. The fraction of sp³-hybridized carbons (Fsp3) is 0.364. The van der Waals surface area contributed by atoms with Gasteiger partial charge < -0.3 is 10.4 Å². The Bertz CT molecular complexity index is 441. The third-order valence-electron chi connectivity index (χ3n) is 2.31. The van der Waals surface area contributed by atoms with Crippen LogP contribution in [0.15, 0.2) is 24.3 Å². The van der Waals surface area contributed by atoms with Crippen LogP contribution in [0.25, 0.3) is 10.9 Å². The summed E-state index contributed by atoms with van der Waals surface area (Å²) in [6.07, 6.45) is 0. The van der Waals surface area contributed by atoms with Crippen LogP contribution in [0.2, 0.25) is 0 Å². The first-order valence-corrected chi connectivity index (χ1v) is 5.77. The number of benzene rings is 1. The van der Waals surface area contributed by atoms with E-state index in [1.807, 2.05) is 25.1 Å². The summed E-state index contributed by atoms with van der Waals surface area (Å²) in [6, 6.07) is 8.07. The van der Waals surface area contributed by atoms with Gasteiger partial charge >= 0.3 is 0 Å². The van der Waals surface area contributed by atoms with Gasteiger partial charge in [-0.05, 0) is 29.6 Å². The molecular weight excluding hydrogens is 208 g/mol. The SMILES string of the molecule is CC(CO)CNc1snc2ccccc12. The molecule has 3 nitrogen and oxygen atoms in total. The summed E-state index contributed by atoms with van der Waals surface area (Å²) < 4.78 is 4.34. The van der Waals surface area contributed by atoms with Gasteiger partial charge in [0.05, 0.1) is 5.52 Å². The number of nitrogens with one attached hydrogen (secondary N) is 1. The van der Waals surface area contributed by atoms with Crippen molar-refractivity contribution in [1.82, 2.24) is 4.37 Å². The van der Waals surface area contributed by atoms with Crippen LogP contribution < -0.4 is 5.32 Å². The van der Waals surface area contributed by atoms with Gasteiger partial charge in [-0.1, -0.05) is 19.1 Å². The Balaban J connectivity index is 2.14. The standard InChI is InChI=1S/C11H14N2OS/c1-8(7-14)6-12-11-9-4-2-3-5-10(9)13-15-11/h2-5,8,12,14H,6-7H2,1H3. The second-order valence-electron chi connectivity index (χ2n) is 3.70. The molecule has 80 valence electrons. The molecule has 0 radical (unpaired) electrons. The normalized spacial score (nSPS) is 12.9. The third-order valence-corrected chi connectivity index (χ3v) is 3.14. The van der Waals surface area contributed by atoms with E-state index in [2.05, 4.69) is 15.8 Å². The minimum atomic E-state index is 0.212. The number of aliphatic hydroxyl groups is 1. The Kier molecular flexibility index (Phi) is 3.18. The van der Waals surface area contributed by atoms with Crippen molar-refractivity contribution in [3.63, 3.8) is 0 Å². The van der Waals surface area contributed by atoms with E-state index in [0.29, 0.717) is 0 Å². The highest BCUT2D eigenvalue weighted by atomic mass is 32.1. The van der Waals surface area contributed by atoms with Crippen molar-refractivity contribution in [1.29, 1.82) is 0 Å². The Hall–Kier alpha value is -1.13. The van der Waals surface area contributed by atoms with Crippen molar-refractivity contribution in [2.75, 3.05) is 18.5 Å². The second-order valence-corrected chi connectivity index (χ2v) is 4.47. The van der Waals surface area contributed by atoms with Gasteiger partial charge in [0.25, 0.3) is 0 Å². The molecule has 1 unspecified atom stereocenters. The van der Waals surface area contributed by atoms with Gasteiger partial charge in [-0.15, -0.1) is 0 Å². The van der Waals surface area contributed by atoms with E-state index >= 15 is 0 Å². The predicted molar refractivity (Wildman–Crippen MR) is 64.4 cm³/mol. The molecule has 2 aromatic rings. The van der Waals surface area contributed by atoms with Crippen LogP contribution in [0.5, 0.6) is 0 Å². The van der Waals surface area contributed by atoms with Gasteiger partial charge in [0.2, 0.25) is 0 Å². The predicted octanol–water partition coefficient (Wildman–Crippen LogP) is 2.34. The van der Waals surface area contributed by atoms with Crippen LogP contribution in [0, 0.1) is 5.92 Å². The minimum Gasteiger partial charge on any atom is -0.396 e. The van der Waals surface area contributed by atoms with Gasteiger partial charge in [-0.25, -0.2) is 0 Å². The maximum Gasteiger partial charge on any atom is 0.117 e. The average molecular weight is 222 g/mol. The highest BCUT2D eigenvalue weighted by Crippen LogP contribution is 2.27. The quantitative estimate of drug-likeness (QED) is 0.834. The fourth-order valence-corrected chi connectivity index (χ4v) is 2.12. The van der Waals surface area contributed by atoms with Crippen LogP contribution in [-0.2, 0) is 0 Å². The van der Waals surface area contributed by atoms with Gasteiger partial charge in [-0.2, -0.15) is 4.37 Å². The van der Waals surface area contributed by atoms with E-state index in [1.54, 1.807) is 0 Å². The van der Waals surface area contributed by atoms with E-state index < -0.39 is 0 Å². The second kappa shape index (κ2) is 4.59. The lowest BCUT2D eigenvalue weighted by Gasteiger charge is -2.08. The van der Waals surface area contributed by atoms with Crippen molar-refractivity contribution in [2.45, 2.75) is 6.92 Å². The van der Waals surface area contributed by atoms with Gasteiger partial charge in [0, 0.05) is 18.5 Å². The molecule has 1 aromatic heterocycles. The van der Waals surface area contributed by atoms with E-state index in [9.17, 15) is 0 Å². The molecule has 0 saturated carbocycles. The van der Waals surface area contributed by atoms with Crippen molar-refractivity contribution in [2.24, 2.45) is 5.92 Å². The van der Waals surface area contributed by atoms with E-state index in [0.717, 1.165) is 22.4 Å². The molecule has 0 spiro atoms. The summed E-state index contributed by atoms with van der Waals surface area (Å²) in [5.41, 5.74) is 1.03. The van der Waals surface area contributed by atoms with Crippen molar-refractivity contribution in [3.8, 4) is 0 Å². The number of nitrogens with zero attached hydrogens (tertiary/aromatic N) is 1. The molecule has 1 heterocycles. The van der Waals surface area contributed by atoms with Crippen LogP contribution in [0.1, 0.15) is 6.92 Å². The maximum absolute atomic E-state index is 8.92. The maximum atomic E-state index is 8.92. The number of rotatable bonds is 4. The lowest BCUT2D eigenvalue weighted by molar-refractivity contribution is 0.244. The zero-order valence-electron chi connectivity index (χ0n) is 8.60. The fourth-order valence-electron chi connectivity index (χ4n) is 1.35. The largest absolute Gasteiger partial charge is 0.396 e. The first kappa shape index (κ1) is 10.4. The number of anilines is 1. The molecule has 1 atom stereocenters. The summed E-state index contributed by atoms with van der Waals surface area (Å²) in [7, 11) is 0. The first-order valence-electron chi connectivity index (χ1n) is 5.00. The molecule has 2 N–H and O–H groups in total. The molecule has 1 aromatic carbocycles. The smallest absolute Gasteiger partial charge is 0.117 e. The molecule has 0 fully saturated rings. The molecular formula is C11H14N2OS. The summed E-state index contributed by atoms with van der Waals surface area (Å²) in [6.45, 7) is 3.00.